The maximum Gasteiger partial charge on any atom is 0.0870 e. The summed E-state index contributed by atoms with van der Waals surface area (Å²) in [4.78, 5) is 0. The van der Waals surface area contributed by atoms with Crippen molar-refractivity contribution < 1.29 is 9.84 Å². The molecular formula is C11H21NO2. The van der Waals surface area contributed by atoms with Gasteiger partial charge in [-0.2, -0.15) is 0 Å². The van der Waals surface area contributed by atoms with Crippen LogP contribution in [0.15, 0.2) is 0 Å². The average Bonchev–Trinajstić information content (AvgIpc) is 2.01. The summed E-state index contributed by atoms with van der Waals surface area (Å²) < 4.78 is 5.27. The summed E-state index contributed by atoms with van der Waals surface area (Å²) in [5, 5.41) is 10.5. The van der Waals surface area contributed by atoms with Crippen LogP contribution in [0.1, 0.15) is 39.5 Å². The van der Waals surface area contributed by atoms with E-state index in [4.69, 9.17) is 10.5 Å². The smallest absolute Gasteiger partial charge is 0.0870 e. The quantitative estimate of drug-likeness (QED) is 0.663. The molecule has 3 nitrogen and oxygen atoms in total. The molecule has 0 unspecified atom stereocenters. The Balaban J connectivity index is 2.07. The predicted octanol–water partition coefficient (Wildman–Crippen LogP) is 1.05. The Kier molecular flexibility index (Phi) is 2.18. The van der Waals surface area contributed by atoms with Gasteiger partial charge in [0.2, 0.25) is 0 Å². The molecule has 0 atom stereocenters. The maximum atomic E-state index is 10.5. The van der Waals surface area contributed by atoms with Gasteiger partial charge in [0.05, 0.1) is 5.60 Å². The van der Waals surface area contributed by atoms with Crippen molar-refractivity contribution in [2.24, 2.45) is 11.1 Å². The summed E-state index contributed by atoms with van der Waals surface area (Å²) in [6.45, 7) is 5.72. The molecule has 2 fully saturated rings. The van der Waals surface area contributed by atoms with Crippen LogP contribution in [0.25, 0.3) is 0 Å². The minimum Gasteiger partial charge on any atom is -0.388 e. The molecule has 0 aromatic carbocycles. The van der Waals surface area contributed by atoms with Gasteiger partial charge >= 0.3 is 0 Å². The van der Waals surface area contributed by atoms with Crippen LogP contribution in [0, 0.1) is 5.41 Å². The molecular weight excluding hydrogens is 178 g/mol. The van der Waals surface area contributed by atoms with Crippen LogP contribution in [0.5, 0.6) is 0 Å². The normalized spacial score (nSPS) is 33.4. The highest BCUT2D eigenvalue weighted by Gasteiger charge is 2.58. The Hall–Kier alpha value is -0.120. The second kappa shape index (κ2) is 2.94. The second-order valence-electron chi connectivity index (χ2n) is 5.82. The van der Waals surface area contributed by atoms with Gasteiger partial charge in [-0.1, -0.05) is 13.8 Å². The third-order valence-electron chi connectivity index (χ3n) is 3.83. The minimum atomic E-state index is -0.680. The molecule has 14 heavy (non-hydrogen) atoms. The highest BCUT2D eigenvalue weighted by molar-refractivity contribution is 5.14. The van der Waals surface area contributed by atoms with Gasteiger partial charge in [0, 0.05) is 31.6 Å². The van der Waals surface area contributed by atoms with Crippen molar-refractivity contribution in [2.45, 2.75) is 50.7 Å². The zero-order valence-electron chi connectivity index (χ0n) is 9.18. The first kappa shape index (κ1) is 10.4. The largest absolute Gasteiger partial charge is 0.388 e. The van der Waals surface area contributed by atoms with Crippen molar-refractivity contribution in [3.8, 4) is 0 Å². The number of hydrogen-bond donors (Lipinski definition) is 2. The van der Waals surface area contributed by atoms with E-state index in [2.05, 4.69) is 13.8 Å². The molecule has 1 heterocycles. The maximum absolute atomic E-state index is 10.5. The highest BCUT2D eigenvalue weighted by Crippen LogP contribution is 2.53. The lowest BCUT2D eigenvalue weighted by atomic mass is 9.52. The minimum absolute atomic E-state index is 0.308. The molecule has 0 bridgehead atoms. The number of ether oxygens (including phenoxy) is 1. The third kappa shape index (κ3) is 1.47. The SMILES string of the molecule is CC1(C)CC(N)(C2(O)CCOCC2)C1. The number of rotatable bonds is 1. The molecule has 2 rings (SSSR count). The molecule has 0 aromatic rings. The van der Waals surface area contributed by atoms with Crippen LogP contribution in [0.3, 0.4) is 0 Å². The summed E-state index contributed by atoms with van der Waals surface area (Å²) in [7, 11) is 0. The molecule has 0 spiro atoms. The summed E-state index contributed by atoms with van der Waals surface area (Å²) in [6.07, 6.45) is 3.24. The first-order valence-electron chi connectivity index (χ1n) is 5.46. The summed E-state index contributed by atoms with van der Waals surface area (Å²) in [6, 6.07) is 0. The van der Waals surface area contributed by atoms with Gasteiger partial charge in [-0.25, -0.2) is 0 Å². The van der Waals surface area contributed by atoms with Crippen molar-refractivity contribution >= 4 is 0 Å². The lowest BCUT2D eigenvalue weighted by Gasteiger charge is -2.59. The summed E-state index contributed by atoms with van der Waals surface area (Å²) in [5.74, 6) is 0. The Bertz CT molecular complexity index is 223. The van der Waals surface area contributed by atoms with E-state index in [0.29, 0.717) is 31.5 Å². The van der Waals surface area contributed by atoms with E-state index in [-0.39, 0.29) is 5.54 Å². The fourth-order valence-corrected chi connectivity index (χ4v) is 3.19. The van der Waals surface area contributed by atoms with E-state index in [1.54, 1.807) is 0 Å². The second-order valence-corrected chi connectivity index (χ2v) is 5.82. The monoisotopic (exact) mass is 199 g/mol. The molecule has 3 N–H and O–H groups in total. The molecule has 1 aliphatic carbocycles. The molecule has 2 aliphatic rings. The van der Waals surface area contributed by atoms with Crippen molar-refractivity contribution in [2.75, 3.05) is 13.2 Å². The lowest BCUT2D eigenvalue weighted by Crippen LogP contribution is -2.70. The topological polar surface area (TPSA) is 55.5 Å². The van der Waals surface area contributed by atoms with E-state index < -0.39 is 5.60 Å². The van der Waals surface area contributed by atoms with Crippen LogP contribution in [-0.4, -0.2) is 29.5 Å². The van der Waals surface area contributed by atoms with Crippen LogP contribution >= 0.6 is 0 Å². The fourth-order valence-electron chi connectivity index (χ4n) is 3.19. The van der Waals surface area contributed by atoms with Gasteiger partial charge in [0.1, 0.15) is 0 Å². The van der Waals surface area contributed by atoms with Crippen LogP contribution in [0.2, 0.25) is 0 Å². The molecule has 1 aliphatic heterocycles. The Labute approximate surface area is 85.6 Å². The van der Waals surface area contributed by atoms with Gasteiger partial charge in [-0.3, -0.25) is 0 Å². The van der Waals surface area contributed by atoms with Crippen molar-refractivity contribution in [3.05, 3.63) is 0 Å². The average molecular weight is 199 g/mol. The molecule has 3 heteroatoms. The van der Waals surface area contributed by atoms with Crippen LogP contribution in [0.4, 0.5) is 0 Å². The zero-order chi connectivity index (χ0) is 10.4. The van der Waals surface area contributed by atoms with Crippen molar-refractivity contribution in [1.82, 2.24) is 0 Å². The van der Waals surface area contributed by atoms with Crippen LogP contribution < -0.4 is 5.73 Å². The van der Waals surface area contributed by atoms with Gasteiger partial charge in [-0.15, -0.1) is 0 Å². The van der Waals surface area contributed by atoms with Crippen molar-refractivity contribution in [1.29, 1.82) is 0 Å². The molecule has 82 valence electrons. The van der Waals surface area contributed by atoms with E-state index in [1.807, 2.05) is 0 Å². The molecule has 0 amide bonds. The first-order chi connectivity index (χ1) is 6.37. The van der Waals surface area contributed by atoms with Gasteiger partial charge in [0.15, 0.2) is 0 Å². The van der Waals surface area contributed by atoms with Crippen molar-refractivity contribution in [3.63, 3.8) is 0 Å². The van der Waals surface area contributed by atoms with Gasteiger partial charge < -0.3 is 15.6 Å². The number of aliphatic hydroxyl groups is 1. The lowest BCUT2D eigenvalue weighted by molar-refractivity contribution is -0.160. The molecule has 0 radical (unpaired) electrons. The van der Waals surface area contributed by atoms with Gasteiger partial charge in [0.25, 0.3) is 0 Å². The zero-order valence-corrected chi connectivity index (χ0v) is 9.18. The third-order valence-corrected chi connectivity index (χ3v) is 3.83. The first-order valence-corrected chi connectivity index (χ1v) is 5.46. The van der Waals surface area contributed by atoms with Crippen LogP contribution in [-0.2, 0) is 4.74 Å². The predicted molar refractivity (Wildman–Crippen MR) is 54.9 cm³/mol. The van der Waals surface area contributed by atoms with E-state index in [0.717, 1.165) is 12.8 Å². The molecule has 1 saturated heterocycles. The number of hydrogen-bond acceptors (Lipinski definition) is 3. The summed E-state index contributed by atoms with van der Waals surface area (Å²) >= 11 is 0. The Morgan fingerprint density at radius 1 is 1.14 bits per heavy atom. The standard InChI is InChI=1S/C11H21NO2/c1-9(2)7-10(12,8-9)11(13)3-5-14-6-4-11/h13H,3-8,12H2,1-2H3. The van der Waals surface area contributed by atoms with E-state index in [9.17, 15) is 5.11 Å². The fraction of sp³-hybridized carbons (Fsp3) is 1.00. The summed E-state index contributed by atoms with van der Waals surface area (Å²) in [5.41, 5.74) is 5.55. The highest BCUT2D eigenvalue weighted by atomic mass is 16.5. The molecule has 0 aromatic heterocycles. The Morgan fingerprint density at radius 3 is 2.07 bits per heavy atom. The van der Waals surface area contributed by atoms with Gasteiger partial charge in [-0.05, 0) is 18.3 Å². The number of nitrogens with two attached hydrogens (primary N) is 1. The Morgan fingerprint density at radius 2 is 1.64 bits per heavy atom. The molecule has 1 saturated carbocycles. The van der Waals surface area contributed by atoms with E-state index >= 15 is 0 Å². The van der Waals surface area contributed by atoms with E-state index in [1.165, 1.54) is 0 Å².